The van der Waals surface area contributed by atoms with Gasteiger partial charge in [-0.1, -0.05) is 13.8 Å². The Hall–Kier alpha value is -2.17. The molecule has 0 atom stereocenters. The molecule has 0 unspecified atom stereocenters. The summed E-state index contributed by atoms with van der Waals surface area (Å²) in [6.45, 7) is 5.68. The lowest BCUT2D eigenvalue weighted by atomic mass is 10.1. The Labute approximate surface area is 105 Å². The molecule has 2 aromatic rings. The standard InChI is InChI=1S/C13H14N2O3/c1-7(2)10-9(13(16)17)6-14-12(15-10)11-8(3)4-5-18-11/h4-7H,1-3H3,(H,16,17). The maximum absolute atomic E-state index is 11.1. The fraction of sp³-hybridized carbons (Fsp3) is 0.308. The van der Waals surface area contributed by atoms with E-state index in [0.717, 1.165) is 5.56 Å². The number of nitrogens with zero attached hydrogens (tertiary/aromatic N) is 2. The second-order valence-corrected chi connectivity index (χ2v) is 4.39. The number of rotatable bonds is 3. The lowest BCUT2D eigenvalue weighted by molar-refractivity contribution is 0.0694. The molecule has 5 heteroatoms. The first kappa shape index (κ1) is 12.3. The number of aromatic nitrogens is 2. The van der Waals surface area contributed by atoms with Gasteiger partial charge in [0.15, 0.2) is 11.6 Å². The van der Waals surface area contributed by atoms with E-state index in [0.29, 0.717) is 17.3 Å². The van der Waals surface area contributed by atoms with Crippen molar-refractivity contribution in [2.45, 2.75) is 26.7 Å². The van der Waals surface area contributed by atoms with E-state index in [4.69, 9.17) is 9.52 Å². The topological polar surface area (TPSA) is 76.2 Å². The summed E-state index contributed by atoms with van der Waals surface area (Å²) in [6, 6.07) is 1.82. The minimum absolute atomic E-state index is 0.00752. The van der Waals surface area contributed by atoms with Gasteiger partial charge in [-0.3, -0.25) is 0 Å². The highest BCUT2D eigenvalue weighted by molar-refractivity contribution is 5.88. The molecule has 18 heavy (non-hydrogen) atoms. The molecule has 2 aromatic heterocycles. The van der Waals surface area contributed by atoms with Crippen LogP contribution in [0.15, 0.2) is 22.9 Å². The third-order valence-corrected chi connectivity index (χ3v) is 2.66. The highest BCUT2D eigenvalue weighted by atomic mass is 16.4. The zero-order chi connectivity index (χ0) is 13.3. The van der Waals surface area contributed by atoms with Crippen molar-refractivity contribution in [3.63, 3.8) is 0 Å². The number of carbonyl (C=O) groups is 1. The Bertz CT molecular complexity index is 588. The van der Waals surface area contributed by atoms with Crippen molar-refractivity contribution in [3.05, 3.63) is 35.3 Å². The van der Waals surface area contributed by atoms with Crippen molar-refractivity contribution >= 4 is 5.97 Å². The fourth-order valence-electron chi connectivity index (χ4n) is 1.71. The van der Waals surface area contributed by atoms with Crippen molar-refractivity contribution in [2.24, 2.45) is 0 Å². The monoisotopic (exact) mass is 246 g/mol. The first-order valence-corrected chi connectivity index (χ1v) is 5.65. The number of hydrogen-bond donors (Lipinski definition) is 1. The van der Waals surface area contributed by atoms with E-state index in [1.807, 2.05) is 26.8 Å². The van der Waals surface area contributed by atoms with Crippen LogP contribution in [-0.4, -0.2) is 21.0 Å². The quantitative estimate of drug-likeness (QED) is 0.901. The second kappa shape index (κ2) is 4.60. The van der Waals surface area contributed by atoms with Gasteiger partial charge in [-0.2, -0.15) is 0 Å². The van der Waals surface area contributed by atoms with Crippen molar-refractivity contribution in [1.29, 1.82) is 0 Å². The van der Waals surface area contributed by atoms with Gasteiger partial charge < -0.3 is 9.52 Å². The second-order valence-electron chi connectivity index (χ2n) is 4.39. The minimum atomic E-state index is -1.01. The molecule has 0 saturated heterocycles. The van der Waals surface area contributed by atoms with E-state index in [1.165, 1.54) is 6.20 Å². The number of furan rings is 1. The zero-order valence-electron chi connectivity index (χ0n) is 10.5. The molecule has 0 saturated carbocycles. The van der Waals surface area contributed by atoms with Crippen LogP contribution in [0.25, 0.3) is 11.6 Å². The van der Waals surface area contributed by atoms with Crippen LogP contribution in [0.4, 0.5) is 0 Å². The van der Waals surface area contributed by atoms with Gasteiger partial charge in [-0.15, -0.1) is 0 Å². The Morgan fingerprint density at radius 1 is 1.44 bits per heavy atom. The average molecular weight is 246 g/mol. The number of aromatic carboxylic acids is 1. The van der Waals surface area contributed by atoms with Crippen LogP contribution in [0.2, 0.25) is 0 Å². The molecule has 1 N–H and O–H groups in total. The Balaban J connectivity index is 2.57. The fourth-order valence-corrected chi connectivity index (χ4v) is 1.71. The summed E-state index contributed by atoms with van der Waals surface area (Å²) >= 11 is 0. The summed E-state index contributed by atoms with van der Waals surface area (Å²) in [7, 11) is 0. The van der Waals surface area contributed by atoms with Gasteiger partial charge in [0.05, 0.1) is 17.5 Å². The van der Waals surface area contributed by atoms with Crippen LogP contribution in [0.1, 0.15) is 41.4 Å². The molecule has 0 radical (unpaired) electrons. The van der Waals surface area contributed by atoms with Gasteiger partial charge in [0.1, 0.15) is 0 Å². The number of hydrogen-bond acceptors (Lipinski definition) is 4. The van der Waals surface area contributed by atoms with E-state index in [1.54, 1.807) is 6.26 Å². The lowest BCUT2D eigenvalue weighted by Crippen LogP contribution is -2.08. The normalized spacial score (nSPS) is 10.9. The van der Waals surface area contributed by atoms with Crippen LogP contribution in [0, 0.1) is 6.92 Å². The maximum Gasteiger partial charge on any atom is 0.339 e. The van der Waals surface area contributed by atoms with Gasteiger partial charge in [-0.25, -0.2) is 14.8 Å². The predicted octanol–water partition coefficient (Wildman–Crippen LogP) is 2.87. The Morgan fingerprint density at radius 2 is 2.17 bits per heavy atom. The molecule has 0 spiro atoms. The van der Waals surface area contributed by atoms with Crippen molar-refractivity contribution in [2.75, 3.05) is 0 Å². The Kier molecular flexibility index (Phi) is 3.14. The number of aryl methyl sites for hydroxylation is 1. The van der Waals surface area contributed by atoms with Gasteiger partial charge in [0.2, 0.25) is 0 Å². The third-order valence-electron chi connectivity index (χ3n) is 2.66. The van der Waals surface area contributed by atoms with Crippen LogP contribution >= 0.6 is 0 Å². The maximum atomic E-state index is 11.1. The summed E-state index contributed by atoms with van der Waals surface area (Å²) in [5.41, 5.74) is 1.58. The molecule has 0 bridgehead atoms. The summed E-state index contributed by atoms with van der Waals surface area (Å²) in [5.74, 6) is -0.00502. The number of carboxylic acid groups (broad SMARTS) is 1. The van der Waals surface area contributed by atoms with Gasteiger partial charge >= 0.3 is 5.97 Å². The van der Waals surface area contributed by atoms with Gasteiger partial charge in [0, 0.05) is 6.20 Å². The first-order valence-electron chi connectivity index (χ1n) is 5.65. The molecule has 94 valence electrons. The first-order chi connectivity index (χ1) is 8.50. The Morgan fingerprint density at radius 3 is 2.67 bits per heavy atom. The van der Waals surface area contributed by atoms with Gasteiger partial charge in [-0.05, 0) is 24.5 Å². The molecule has 2 rings (SSSR count). The van der Waals surface area contributed by atoms with E-state index < -0.39 is 5.97 Å². The van der Waals surface area contributed by atoms with Crippen molar-refractivity contribution < 1.29 is 14.3 Å². The number of carboxylic acids is 1. The minimum Gasteiger partial charge on any atom is -0.478 e. The molecule has 5 nitrogen and oxygen atoms in total. The van der Waals surface area contributed by atoms with E-state index in [9.17, 15) is 4.79 Å². The molecule has 0 aliphatic heterocycles. The molecule has 0 aliphatic carbocycles. The lowest BCUT2D eigenvalue weighted by Gasteiger charge is -2.09. The largest absolute Gasteiger partial charge is 0.478 e. The van der Waals surface area contributed by atoms with Crippen molar-refractivity contribution in [1.82, 2.24) is 9.97 Å². The van der Waals surface area contributed by atoms with E-state index >= 15 is 0 Å². The summed E-state index contributed by atoms with van der Waals surface area (Å²) in [4.78, 5) is 19.5. The SMILES string of the molecule is Cc1ccoc1-c1ncc(C(=O)O)c(C(C)C)n1. The van der Waals surface area contributed by atoms with Crippen molar-refractivity contribution in [3.8, 4) is 11.6 Å². The molecular weight excluding hydrogens is 232 g/mol. The highest BCUT2D eigenvalue weighted by Gasteiger charge is 2.18. The molecule has 0 aliphatic rings. The van der Waals surface area contributed by atoms with Crippen LogP contribution in [-0.2, 0) is 0 Å². The zero-order valence-corrected chi connectivity index (χ0v) is 10.5. The average Bonchev–Trinajstić information content (AvgIpc) is 2.74. The molecule has 0 fully saturated rings. The van der Waals surface area contributed by atoms with E-state index in [2.05, 4.69) is 9.97 Å². The van der Waals surface area contributed by atoms with Gasteiger partial charge in [0.25, 0.3) is 0 Å². The smallest absolute Gasteiger partial charge is 0.339 e. The predicted molar refractivity (Wildman–Crippen MR) is 65.5 cm³/mol. The third kappa shape index (κ3) is 2.11. The van der Waals surface area contributed by atoms with E-state index in [-0.39, 0.29) is 11.5 Å². The van der Waals surface area contributed by atoms with Crippen LogP contribution in [0.5, 0.6) is 0 Å². The summed E-state index contributed by atoms with van der Waals surface area (Å²) < 4.78 is 5.31. The van der Waals surface area contributed by atoms with Crippen LogP contribution < -0.4 is 0 Å². The molecular formula is C13H14N2O3. The molecule has 0 aromatic carbocycles. The summed E-state index contributed by atoms with van der Waals surface area (Å²) in [6.07, 6.45) is 2.90. The molecule has 2 heterocycles. The van der Waals surface area contributed by atoms with Crippen LogP contribution in [0.3, 0.4) is 0 Å². The summed E-state index contributed by atoms with van der Waals surface area (Å²) in [5, 5.41) is 9.09. The highest BCUT2D eigenvalue weighted by Crippen LogP contribution is 2.24. The molecule has 0 amide bonds.